The highest BCUT2D eigenvalue weighted by Crippen LogP contribution is 2.35. The van der Waals surface area contributed by atoms with Gasteiger partial charge in [-0.05, 0) is 44.0 Å². The Morgan fingerprint density at radius 1 is 0.878 bits per heavy atom. The van der Waals surface area contributed by atoms with Crippen molar-refractivity contribution in [1.82, 2.24) is 10.2 Å². The molecular weight excluding hydrogens is 542 g/mol. The lowest BCUT2D eigenvalue weighted by Crippen LogP contribution is -2.54. The summed E-state index contributed by atoms with van der Waals surface area (Å²) in [6, 6.07) is 22.6. The van der Waals surface area contributed by atoms with Gasteiger partial charge < -0.3 is 19.7 Å². The predicted octanol–water partition coefficient (Wildman–Crippen LogP) is 3.78. The third-order valence-electron chi connectivity index (χ3n) is 6.69. The zero-order valence-electron chi connectivity index (χ0n) is 23.7. The Labute approximate surface area is 242 Å². The highest BCUT2D eigenvalue weighted by atomic mass is 32.2. The van der Waals surface area contributed by atoms with Gasteiger partial charge in [0.2, 0.25) is 21.8 Å². The number of sulfonamides is 1. The average molecular weight is 580 g/mol. The molecule has 0 aromatic heterocycles. The molecule has 4 rings (SSSR count). The number of fused-ring (bicyclic) bond motifs is 1. The van der Waals surface area contributed by atoms with E-state index in [0.29, 0.717) is 24.7 Å². The molecule has 1 unspecified atom stereocenters. The summed E-state index contributed by atoms with van der Waals surface area (Å²) in [6.45, 7) is 5.63. The van der Waals surface area contributed by atoms with E-state index < -0.39 is 28.5 Å². The van der Waals surface area contributed by atoms with Crippen LogP contribution in [0.5, 0.6) is 11.5 Å². The number of hydrogen-bond acceptors (Lipinski definition) is 6. The number of anilines is 1. The zero-order chi connectivity index (χ0) is 29.4. The Hall–Kier alpha value is -4.05. The number of amides is 2. The van der Waals surface area contributed by atoms with Gasteiger partial charge in [-0.25, -0.2) is 8.42 Å². The summed E-state index contributed by atoms with van der Waals surface area (Å²) in [4.78, 5) is 29.3. The summed E-state index contributed by atoms with van der Waals surface area (Å²) in [7, 11) is -3.88. The number of nitrogens with one attached hydrogen (secondary N) is 1. The van der Waals surface area contributed by atoms with Gasteiger partial charge in [0.1, 0.15) is 25.8 Å². The summed E-state index contributed by atoms with van der Waals surface area (Å²) in [5.74, 6) is -0.0941. The molecule has 218 valence electrons. The van der Waals surface area contributed by atoms with Gasteiger partial charge >= 0.3 is 0 Å². The first-order valence-electron chi connectivity index (χ1n) is 13.8. The maximum Gasteiger partial charge on any atom is 0.244 e. The van der Waals surface area contributed by atoms with Gasteiger partial charge in [-0.1, -0.05) is 60.7 Å². The van der Waals surface area contributed by atoms with E-state index in [-0.39, 0.29) is 36.4 Å². The molecule has 2 amide bonds. The third-order valence-corrected chi connectivity index (χ3v) is 8.43. The van der Waals surface area contributed by atoms with E-state index >= 15 is 0 Å². The number of benzene rings is 3. The number of nitrogens with zero attached hydrogens (tertiary/aromatic N) is 2. The molecule has 0 spiro atoms. The number of hydrogen-bond donors (Lipinski definition) is 1. The quantitative estimate of drug-likeness (QED) is 0.350. The van der Waals surface area contributed by atoms with Crippen LogP contribution in [0.25, 0.3) is 0 Å². The molecule has 3 aromatic carbocycles. The van der Waals surface area contributed by atoms with Crippen molar-refractivity contribution in [3.8, 4) is 11.5 Å². The van der Waals surface area contributed by atoms with Gasteiger partial charge in [-0.2, -0.15) is 0 Å². The van der Waals surface area contributed by atoms with Gasteiger partial charge in [-0.3, -0.25) is 13.9 Å². The first kappa shape index (κ1) is 29.9. The van der Waals surface area contributed by atoms with Crippen molar-refractivity contribution in [2.75, 3.05) is 29.8 Å². The van der Waals surface area contributed by atoms with Gasteiger partial charge in [0.25, 0.3) is 0 Å². The lowest BCUT2D eigenvalue weighted by molar-refractivity contribution is -0.140. The van der Waals surface area contributed by atoms with Crippen molar-refractivity contribution in [2.24, 2.45) is 0 Å². The summed E-state index contributed by atoms with van der Waals surface area (Å²) in [5, 5.41) is 2.95. The van der Waals surface area contributed by atoms with E-state index in [1.165, 1.54) is 11.8 Å². The molecule has 0 saturated carbocycles. The van der Waals surface area contributed by atoms with Crippen LogP contribution in [0.4, 0.5) is 5.69 Å². The number of rotatable bonds is 12. The molecule has 0 fully saturated rings. The molecule has 0 bridgehead atoms. The van der Waals surface area contributed by atoms with E-state index in [1.807, 2.05) is 74.5 Å². The van der Waals surface area contributed by atoms with E-state index in [1.54, 1.807) is 18.2 Å². The van der Waals surface area contributed by atoms with Crippen LogP contribution >= 0.6 is 0 Å². The van der Waals surface area contributed by atoms with Crippen molar-refractivity contribution in [1.29, 1.82) is 0 Å². The van der Waals surface area contributed by atoms with Gasteiger partial charge in [0, 0.05) is 25.1 Å². The molecule has 1 heterocycles. The smallest absolute Gasteiger partial charge is 0.244 e. The minimum absolute atomic E-state index is 0.129. The largest absolute Gasteiger partial charge is 0.486 e. The molecule has 1 N–H and O–H groups in total. The zero-order valence-corrected chi connectivity index (χ0v) is 24.5. The summed E-state index contributed by atoms with van der Waals surface area (Å²) in [6.07, 6.45) is 0.266. The van der Waals surface area contributed by atoms with Crippen LogP contribution in [-0.2, 0) is 32.6 Å². The van der Waals surface area contributed by atoms with Crippen LogP contribution < -0.4 is 19.1 Å². The molecule has 3 aromatic rings. The second-order valence-electron chi connectivity index (χ2n) is 10.1. The van der Waals surface area contributed by atoms with Crippen LogP contribution in [0.1, 0.15) is 31.9 Å². The topological polar surface area (TPSA) is 105 Å². The summed E-state index contributed by atoms with van der Waals surface area (Å²) < 4.78 is 39.0. The normalized spacial score (nSPS) is 13.4. The number of ether oxygens (including phenoxy) is 2. The first-order valence-corrected chi connectivity index (χ1v) is 15.4. The average Bonchev–Trinajstić information content (AvgIpc) is 2.98. The molecule has 0 radical (unpaired) electrons. The number of carbonyl (C=O) groups is 2. The standard InChI is InChI=1S/C31H37N3O6S/c1-4-41(37,38)34(26-15-16-28-29(20-26)40-18-17-39-28)22-30(35)33(21-25-13-9-6-10-14-25)27(31(36)32-23(2)3)19-24-11-7-5-8-12-24/h5-16,20,23,27H,4,17-19,21-22H2,1-3H3,(H,32,36). The molecule has 1 aliphatic rings. The van der Waals surface area contributed by atoms with Crippen molar-refractivity contribution in [2.45, 2.75) is 45.8 Å². The second kappa shape index (κ2) is 13.5. The first-order chi connectivity index (χ1) is 19.7. The van der Waals surface area contributed by atoms with Gasteiger partial charge in [0.05, 0.1) is 11.4 Å². The Kier molecular flexibility index (Phi) is 9.88. The molecule has 10 heteroatoms. The summed E-state index contributed by atoms with van der Waals surface area (Å²) in [5.41, 5.74) is 1.99. The lowest BCUT2D eigenvalue weighted by Gasteiger charge is -2.34. The molecule has 9 nitrogen and oxygen atoms in total. The second-order valence-corrected chi connectivity index (χ2v) is 12.3. The highest BCUT2D eigenvalue weighted by molar-refractivity contribution is 7.92. The van der Waals surface area contributed by atoms with E-state index in [4.69, 9.17) is 9.47 Å². The van der Waals surface area contributed by atoms with Crippen molar-refractivity contribution < 1.29 is 27.5 Å². The molecule has 41 heavy (non-hydrogen) atoms. The summed E-state index contributed by atoms with van der Waals surface area (Å²) >= 11 is 0. The highest BCUT2D eigenvalue weighted by Gasteiger charge is 2.34. The fraction of sp³-hybridized carbons (Fsp3) is 0.355. The minimum Gasteiger partial charge on any atom is -0.486 e. The van der Waals surface area contributed by atoms with Crippen LogP contribution in [0.3, 0.4) is 0 Å². The lowest BCUT2D eigenvalue weighted by atomic mass is 10.0. The van der Waals surface area contributed by atoms with Crippen molar-refractivity contribution in [3.63, 3.8) is 0 Å². The fourth-order valence-corrected chi connectivity index (χ4v) is 5.68. The Bertz CT molecular complexity index is 1430. The van der Waals surface area contributed by atoms with Crippen LogP contribution in [0.15, 0.2) is 78.9 Å². The van der Waals surface area contributed by atoms with Crippen LogP contribution in [0, 0.1) is 0 Å². The third kappa shape index (κ3) is 7.79. The SMILES string of the molecule is CCS(=O)(=O)N(CC(=O)N(Cc1ccccc1)C(Cc1ccccc1)C(=O)NC(C)C)c1ccc2c(c1)OCCO2. The molecule has 1 atom stereocenters. The molecule has 0 aliphatic carbocycles. The van der Waals surface area contributed by atoms with Crippen LogP contribution in [-0.4, -0.2) is 62.7 Å². The van der Waals surface area contributed by atoms with Crippen molar-refractivity contribution in [3.05, 3.63) is 90.0 Å². The monoisotopic (exact) mass is 579 g/mol. The Morgan fingerprint density at radius 3 is 2.10 bits per heavy atom. The van der Waals surface area contributed by atoms with Gasteiger partial charge in [0.15, 0.2) is 11.5 Å². The van der Waals surface area contributed by atoms with E-state index in [2.05, 4.69) is 5.32 Å². The van der Waals surface area contributed by atoms with Crippen molar-refractivity contribution >= 4 is 27.5 Å². The molecule has 1 aliphatic heterocycles. The molecule has 0 saturated heterocycles. The Balaban J connectivity index is 1.73. The fourth-order valence-electron chi connectivity index (χ4n) is 4.62. The maximum absolute atomic E-state index is 14.2. The van der Waals surface area contributed by atoms with E-state index in [0.717, 1.165) is 15.4 Å². The minimum atomic E-state index is -3.88. The number of carbonyl (C=O) groups excluding carboxylic acids is 2. The van der Waals surface area contributed by atoms with Crippen LogP contribution in [0.2, 0.25) is 0 Å². The molecular formula is C31H37N3O6S. The van der Waals surface area contributed by atoms with E-state index in [9.17, 15) is 18.0 Å². The maximum atomic E-state index is 14.2. The van der Waals surface area contributed by atoms with Gasteiger partial charge in [-0.15, -0.1) is 0 Å². The Morgan fingerprint density at radius 2 is 1.49 bits per heavy atom. The predicted molar refractivity (Wildman–Crippen MR) is 158 cm³/mol.